The van der Waals surface area contributed by atoms with Crippen molar-refractivity contribution in [3.8, 4) is 16.9 Å². The lowest BCUT2D eigenvalue weighted by Crippen LogP contribution is -2.26. The molecule has 3 aromatic carbocycles. The summed E-state index contributed by atoms with van der Waals surface area (Å²) in [6.07, 6.45) is 2.81. The molecule has 0 saturated carbocycles. The van der Waals surface area contributed by atoms with Crippen LogP contribution in [0, 0.1) is 5.92 Å². The number of carbonyl (C=O) groups is 3. The highest BCUT2D eigenvalue weighted by atomic mass is 16.5. The van der Waals surface area contributed by atoms with Gasteiger partial charge in [0.05, 0.1) is 20.1 Å². The van der Waals surface area contributed by atoms with Gasteiger partial charge in [0.1, 0.15) is 5.75 Å². The van der Waals surface area contributed by atoms with Gasteiger partial charge in [0.15, 0.2) is 6.29 Å². The molecule has 6 nitrogen and oxygen atoms in total. The summed E-state index contributed by atoms with van der Waals surface area (Å²) >= 11 is 0. The number of amides is 1. The number of esters is 1. The second-order valence-corrected chi connectivity index (χ2v) is 9.88. The van der Waals surface area contributed by atoms with Crippen LogP contribution in [0.5, 0.6) is 5.75 Å². The number of aryl methyl sites for hydroxylation is 1. The monoisotopic (exact) mass is 515 g/mol. The Morgan fingerprint density at radius 3 is 2.29 bits per heavy atom. The summed E-state index contributed by atoms with van der Waals surface area (Å²) in [5.74, 6) is 0.884. The first-order chi connectivity index (χ1) is 18.3. The zero-order chi connectivity index (χ0) is 27.5. The maximum absolute atomic E-state index is 12.2. The van der Waals surface area contributed by atoms with Gasteiger partial charge in [-0.05, 0) is 77.3 Å². The third-order valence-electron chi connectivity index (χ3n) is 6.56. The molecule has 0 radical (unpaired) electrons. The quantitative estimate of drug-likeness (QED) is 0.216. The molecule has 0 aliphatic rings. The fourth-order valence-corrected chi connectivity index (χ4v) is 4.08. The first kappa shape index (κ1) is 28.6. The van der Waals surface area contributed by atoms with Gasteiger partial charge >= 0.3 is 5.97 Å². The van der Waals surface area contributed by atoms with Crippen LogP contribution < -0.4 is 10.1 Å². The number of methoxy groups -OCH3 is 1. The molecule has 0 fully saturated rings. The summed E-state index contributed by atoms with van der Waals surface area (Å²) in [5, 5.41) is 2.71. The van der Waals surface area contributed by atoms with Crippen molar-refractivity contribution in [1.82, 2.24) is 5.32 Å². The van der Waals surface area contributed by atoms with E-state index in [4.69, 9.17) is 4.74 Å². The number of aldehydes is 1. The molecule has 3 aromatic rings. The number of ether oxygens (including phenoxy) is 2. The average molecular weight is 516 g/mol. The number of rotatable bonds is 13. The van der Waals surface area contributed by atoms with Crippen LogP contribution in [-0.4, -0.2) is 38.4 Å². The van der Waals surface area contributed by atoms with E-state index in [1.54, 1.807) is 18.2 Å². The third kappa shape index (κ3) is 8.30. The van der Waals surface area contributed by atoms with Crippen molar-refractivity contribution >= 4 is 18.2 Å². The smallest absolute Gasteiger partial charge is 0.307 e. The largest absolute Gasteiger partial charge is 0.493 e. The van der Waals surface area contributed by atoms with E-state index in [9.17, 15) is 14.4 Å². The lowest BCUT2D eigenvalue weighted by Gasteiger charge is -2.15. The highest BCUT2D eigenvalue weighted by Gasteiger charge is 2.11. The zero-order valence-corrected chi connectivity index (χ0v) is 22.7. The van der Waals surface area contributed by atoms with Gasteiger partial charge in [0.25, 0.3) is 5.91 Å². The van der Waals surface area contributed by atoms with Crippen molar-refractivity contribution < 1.29 is 23.9 Å². The Kier molecular flexibility index (Phi) is 10.6. The van der Waals surface area contributed by atoms with Crippen molar-refractivity contribution in [1.29, 1.82) is 0 Å². The minimum Gasteiger partial charge on any atom is -0.493 e. The maximum Gasteiger partial charge on any atom is 0.307 e. The highest BCUT2D eigenvalue weighted by molar-refractivity contribution is 5.94. The van der Waals surface area contributed by atoms with Crippen molar-refractivity contribution in [3.63, 3.8) is 0 Å². The minimum atomic E-state index is -0.354. The van der Waals surface area contributed by atoms with Gasteiger partial charge in [-0.25, -0.2) is 0 Å². The Balaban J connectivity index is 1.48. The molecule has 38 heavy (non-hydrogen) atoms. The van der Waals surface area contributed by atoms with Gasteiger partial charge in [0, 0.05) is 17.7 Å². The van der Waals surface area contributed by atoms with Crippen molar-refractivity contribution in [2.45, 2.75) is 46.0 Å². The van der Waals surface area contributed by atoms with Crippen LogP contribution in [0.4, 0.5) is 0 Å². The van der Waals surface area contributed by atoms with Crippen LogP contribution in [0.15, 0.2) is 66.7 Å². The van der Waals surface area contributed by atoms with Gasteiger partial charge in [-0.15, -0.1) is 0 Å². The fourth-order valence-electron chi connectivity index (χ4n) is 4.08. The number of hydrogen-bond donors (Lipinski definition) is 1. The van der Waals surface area contributed by atoms with E-state index in [2.05, 4.69) is 55.1 Å². The standard InChI is InChI=1S/C32H37NO5/c1-22(2)25-11-13-26(14-12-25)30-16-15-29(19-28(30)20-34)38-21-23(3)5-6-24-7-9-27(10-8-24)32(36)33-18-17-31(35)37-4/h7-16,19-20,22-23H,5-6,17-18,21H2,1-4H3,(H,33,36). The second-order valence-electron chi connectivity index (χ2n) is 9.88. The van der Waals surface area contributed by atoms with Crippen LogP contribution in [0.1, 0.15) is 71.4 Å². The van der Waals surface area contributed by atoms with E-state index in [0.29, 0.717) is 35.3 Å². The molecule has 6 heteroatoms. The first-order valence-corrected chi connectivity index (χ1v) is 13.1. The lowest BCUT2D eigenvalue weighted by molar-refractivity contribution is -0.140. The van der Waals surface area contributed by atoms with E-state index < -0.39 is 0 Å². The highest BCUT2D eigenvalue weighted by Crippen LogP contribution is 2.28. The molecule has 0 bridgehead atoms. The molecular formula is C32H37NO5. The van der Waals surface area contributed by atoms with Gasteiger partial charge in [0.2, 0.25) is 0 Å². The summed E-state index contributed by atoms with van der Waals surface area (Å²) in [5.41, 5.74) is 5.49. The molecule has 1 unspecified atom stereocenters. The molecule has 0 aliphatic carbocycles. The van der Waals surface area contributed by atoms with Crippen molar-refractivity contribution in [3.05, 3.63) is 89.0 Å². The average Bonchev–Trinajstić information content (AvgIpc) is 2.94. The predicted octanol–water partition coefficient (Wildman–Crippen LogP) is 6.23. The second kappa shape index (κ2) is 14.1. The van der Waals surface area contributed by atoms with Crippen LogP contribution >= 0.6 is 0 Å². The molecule has 200 valence electrons. The fraction of sp³-hybridized carbons (Fsp3) is 0.344. The Bertz CT molecular complexity index is 1220. The van der Waals surface area contributed by atoms with Crippen molar-refractivity contribution in [2.75, 3.05) is 20.3 Å². The summed E-state index contributed by atoms with van der Waals surface area (Å²) in [6, 6.07) is 21.5. The summed E-state index contributed by atoms with van der Waals surface area (Å²) < 4.78 is 10.6. The maximum atomic E-state index is 12.2. The van der Waals surface area contributed by atoms with Gasteiger partial charge in [-0.1, -0.05) is 57.2 Å². The molecule has 0 heterocycles. The molecule has 1 N–H and O–H groups in total. The van der Waals surface area contributed by atoms with E-state index in [1.165, 1.54) is 12.7 Å². The van der Waals surface area contributed by atoms with E-state index in [-0.39, 0.29) is 24.8 Å². The number of carbonyl (C=O) groups excluding carboxylic acids is 3. The van der Waals surface area contributed by atoms with Gasteiger partial charge in [-0.2, -0.15) is 0 Å². The van der Waals surface area contributed by atoms with E-state index in [0.717, 1.165) is 35.8 Å². The Morgan fingerprint density at radius 2 is 1.66 bits per heavy atom. The van der Waals surface area contributed by atoms with Crippen LogP contribution in [-0.2, 0) is 16.0 Å². The molecule has 1 atom stereocenters. The molecule has 1 amide bonds. The molecular weight excluding hydrogens is 478 g/mol. The molecule has 3 rings (SSSR count). The Labute approximate surface area is 225 Å². The third-order valence-corrected chi connectivity index (χ3v) is 6.56. The predicted molar refractivity (Wildman–Crippen MR) is 150 cm³/mol. The van der Waals surface area contributed by atoms with Gasteiger partial charge < -0.3 is 14.8 Å². The van der Waals surface area contributed by atoms with E-state index >= 15 is 0 Å². The molecule has 0 aromatic heterocycles. The van der Waals surface area contributed by atoms with Crippen LogP contribution in [0.25, 0.3) is 11.1 Å². The minimum absolute atomic E-state index is 0.146. The topological polar surface area (TPSA) is 81.7 Å². The SMILES string of the molecule is COC(=O)CCNC(=O)c1ccc(CCC(C)COc2ccc(-c3ccc(C(C)C)cc3)c(C=O)c2)cc1. The number of nitrogens with one attached hydrogen (secondary N) is 1. The summed E-state index contributed by atoms with van der Waals surface area (Å²) in [6.45, 7) is 7.24. The van der Waals surface area contributed by atoms with Gasteiger partial charge in [-0.3, -0.25) is 14.4 Å². The van der Waals surface area contributed by atoms with Crippen molar-refractivity contribution in [2.24, 2.45) is 5.92 Å². The number of hydrogen-bond acceptors (Lipinski definition) is 5. The Morgan fingerprint density at radius 1 is 0.947 bits per heavy atom. The summed E-state index contributed by atoms with van der Waals surface area (Å²) in [7, 11) is 1.32. The molecule has 0 saturated heterocycles. The number of benzene rings is 3. The summed E-state index contributed by atoms with van der Waals surface area (Å²) in [4.78, 5) is 35.1. The normalized spacial score (nSPS) is 11.6. The van der Waals surface area contributed by atoms with Crippen LogP contribution in [0.2, 0.25) is 0 Å². The van der Waals surface area contributed by atoms with Crippen LogP contribution in [0.3, 0.4) is 0 Å². The molecule has 0 aliphatic heterocycles. The Hall–Kier alpha value is -3.93. The zero-order valence-electron chi connectivity index (χ0n) is 22.7. The lowest BCUT2D eigenvalue weighted by atomic mass is 9.96. The molecule has 0 spiro atoms. The first-order valence-electron chi connectivity index (χ1n) is 13.1. The van der Waals surface area contributed by atoms with E-state index in [1.807, 2.05) is 24.3 Å².